The highest BCUT2D eigenvalue weighted by atomic mass is 35.5. The highest BCUT2D eigenvalue weighted by Gasteiger charge is 2.06. The number of benzene rings is 2. The van der Waals surface area contributed by atoms with Crippen LogP contribution in [0.1, 0.15) is 15.9 Å². The first-order valence-corrected chi connectivity index (χ1v) is 5.92. The van der Waals surface area contributed by atoms with E-state index in [9.17, 15) is 4.79 Å². The van der Waals surface area contributed by atoms with Crippen LogP contribution in [0.5, 0.6) is 0 Å². The quantitative estimate of drug-likeness (QED) is 0.834. The maximum Gasteiger partial charge on any atom is 0.251 e. The predicted octanol–water partition coefficient (Wildman–Crippen LogP) is 2.85. The summed E-state index contributed by atoms with van der Waals surface area (Å²) in [4.78, 5) is 11.9. The minimum Gasteiger partial charge on any atom is -0.399 e. The Morgan fingerprint density at radius 3 is 2.67 bits per heavy atom. The largest absolute Gasteiger partial charge is 0.399 e. The molecule has 1 amide bonds. The van der Waals surface area contributed by atoms with Crippen LogP contribution in [0.25, 0.3) is 0 Å². The first kappa shape index (κ1) is 12.5. The zero-order valence-corrected chi connectivity index (χ0v) is 10.4. The Kier molecular flexibility index (Phi) is 3.85. The molecular formula is C14H13ClN2O. The molecule has 0 saturated carbocycles. The molecule has 0 atom stereocenters. The van der Waals surface area contributed by atoms with E-state index in [1.165, 1.54) is 0 Å². The molecule has 0 bridgehead atoms. The van der Waals surface area contributed by atoms with Crippen LogP contribution in [0.3, 0.4) is 0 Å². The Balaban J connectivity index is 2.03. The fourth-order valence-electron chi connectivity index (χ4n) is 1.60. The number of nitrogen functional groups attached to an aromatic ring is 1. The minimum atomic E-state index is -0.165. The lowest BCUT2D eigenvalue weighted by molar-refractivity contribution is 0.0951. The molecule has 0 unspecified atom stereocenters. The summed E-state index contributed by atoms with van der Waals surface area (Å²) in [5, 5.41) is 3.45. The molecule has 0 aliphatic rings. The van der Waals surface area contributed by atoms with Crippen molar-refractivity contribution in [3.8, 4) is 0 Å². The van der Waals surface area contributed by atoms with E-state index in [2.05, 4.69) is 5.32 Å². The van der Waals surface area contributed by atoms with Crippen molar-refractivity contribution < 1.29 is 4.79 Å². The topological polar surface area (TPSA) is 55.1 Å². The molecule has 0 spiro atoms. The SMILES string of the molecule is Nc1cccc(C(=O)NCc2ccccc2Cl)c1. The maximum atomic E-state index is 11.9. The number of hydrogen-bond donors (Lipinski definition) is 2. The monoisotopic (exact) mass is 260 g/mol. The third-order valence-electron chi connectivity index (χ3n) is 2.55. The van der Waals surface area contributed by atoms with Gasteiger partial charge in [-0.15, -0.1) is 0 Å². The third-order valence-corrected chi connectivity index (χ3v) is 2.91. The van der Waals surface area contributed by atoms with Crippen molar-refractivity contribution in [2.24, 2.45) is 0 Å². The average Bonchev–Trinajstić information content (AvgIpc) is 2.37. The zero-order valence-electron chi connectivity index (χ0n) is 9.69. The molecule has 3 nitrogen and oxygen atoms in total. The van der Waals surface area contributed by atoms with Crippen molar-refractivity contribution >= 4 is 23.2 Å². The molecule has 0 heterocycles. The maximum absolute atomic E-state index is 11.9. The predicted molar refractivity (Wildman–Crippen MR) is 73.5 cm³/mol. The first-order chi connectivity index (χ1) is 8.66. The van der Waals surface area contributed by atoms with Crippen LogP contribution in [0.15, 0.2) is 48.5 Å². The Morgan fingerprint density at radius 2 is 1.94 bits per heavy atom. The van der Waals surface area contributed by atoms with Crippen molar-refractivity contribution in [3.05, 3.63) is 64.7 Å². The Hall–Kier alpha value is -2.00. The van der Waals surface area contributed by atoms with Gasteiger partial charge in [0.1, 0.15) is 0 Å². The summed E-state index contributed by atoms with van der Waals surface area (Å²) in [5.41, 5.74) is 7.63. The molecule has 0 aliphatic heterocycles. The molecule has 0 fully saturated rings. The summed E-state index contributed by atoms with van der Waals surface area (Å²) < 4.78 is 0. The van der Waals surface area contributed by atoms with Gasteiger partial charge in [-0.2, -0.15) is 0 Å². The van der Waals surface area contributed by atoms with Gasteiger partial charge in [-0.05, 0) is 29.8 Å². The van der Waals surface area contributed by atoms with Crippen LogP contribution >= 0.6 is 11.6 Å². The number of rotatable bonds is 3. The summed E-state index contributed by atoms with van der Waals surface area (Å²) in [6.45, 7) is 0.396. The van der Waals surface area contributed by atoms with Gasteiger partial charge in [0, 0.05) is 22.8 Å². The van der Waals surface area contributed by atoms with Crippen LogP contribution in [0.4, 0.5) is 5.69 Å². The Bertz CT molecular complexity index is 569. The van der Waals surface area contributed by atoms with Crippen molar-refractivity contribution in [1.82, 2.24) is 5.32 Å². The van der Waals surface area contributed by atoms with E-state index in [4.69, 9.17) is 17.3 Å². The summed E-state index contributed by atoms with van der Waals surface area (Å²) in [7, 11) is 0. The summed E-state index contributed by atoms with van der Waals surface area (Å²) in [6.07, 6.45) is 0. The fraction of sp³-hybridized carbons (Fsp3) is 0.0714. The molecule has 3 N–H and O–H groups in total. The number of hydrogen-bond acceptors (Lipinski definition) is 2. The van der Waals surface area contributed by atoms with E-state index >= 15 is 0 Å². The molecule has 2 aromatic carbocycles. The molecule has 0 radical (unpaired) electrons. The highest BCUT2D eigenvalue weighted by Crippen LogP contribution is 2.14. The van der Waals surface area contributed by atoms with Crippen LogP contribution in [-0.4, -0.2) is 5.91 Å². The lowest BCUT2D eigenvalue weighted by Crippen LogP contribution is -2.22. The molecule has 4 heteroatoms. The van der Waals surface area contributed by atoms with Crippen molar-refractivity contribution in [3.63, 3.8) is 0 Å². The number of carbonyl (C=O) groups excluding carboxylic acids is 1. The standard InChI is InChI=1S/C14H13ClN2O/c15-13-7-2-1-4-11(13)9-17-14(18)10-5-3-6-12(16)8-10/h1-8H,9,16H2,(H,17,18). The van der Waals surface area contributed by atoms with Crippen LogP contribution in [0.2, 0.25) is 5.02 Å². The molecule has 2 aromatic rings. The second-order valence-corrected chi connectivity index (χ2v) is 4.31. The normalized spacial score (nSPS) is 10.1. The second kappa shape index (κ2) is 5.56. The van der Waals surface area contributed by atoms with Gasteiger partial charge in [0.05, 0.1) is 0 Å². The molecule has 0 aromatic heterocycles. The van der Waals surface area contributed by atoms with Gasteiger partial charge in [0.2, 0.25) is 0 Å². The van der Waals surface area contributed by atoms with Crippen LogP contribution < -0.4 is 11.1 Å². The number of carbonyl (C=O) groups is 1. The van der Waals surface area contributed by atoms with Gasteiger partial charge in [-0.25, -0.2) is 0 Å². The van der Waals surface area contributed by atoms with Crippen molar-refractivity contribution in [1.29, 1.82) is 0 Å². The van der Waals surface area contributed by atoms with E-state index in [1.54, 1.807) is 30.3 Å². The van der Waals surface area contributed by atoms with E-state index in [1.807, 2.05) is 18.2 Å². The Morgan fingerprint density at radius 1 is 1.17 bits per heavy atom. The molecule has 92 valence electrons. The molecule has 0 aliphatic carbocycles. The average molecular weight is 261 g/mol. The molecule has 18 heavy (non-hydrogen) atoms. The summed E-state index contributed by atoms with van der Waals surface area (Å²) in [6, 6.07) is 14.3. The van der Waals surface area contributed by atoms with E-state index in [-0.39, 0.29) is 5.91 Å². The van der Waals surface area contributed by atoms with Gasteiger partial charge in [0.15, 0.2) is 0 Å². The van der Waals surface area contributed by atoms with Crippen LogP contribution in [-0.2, 0) is 6.54 Å². The molecular weight excluding hydrogens is 248 g/mol. The van der Waals surface area contributed by atoms with Crippen molar-refractivity contribution in [2.45, 2.75) is 6.54 Å². The lowest BCUT2D eigenvalue weighted by atomic mass is 10.1. The number of nitrogens with one attached hydrogen (secondary N) is 1. The number of amides is 1. The fourth-order valence-corrected chi connectivity index (χ4v) is 1.80. The first-order valence-electron chi connectivity index (χ1n) is 5.54. The van der Waals surface area contributed by atoms with Gasteiger partial charge >= 0.3 is 0 Å². The number of nitrogens with two attached hydrogens (primary N) is 1. The van der Waals surface area contributed by atoms with E-state index < -0.39 is 0 Å². The van der Waals surface area contributed by atoms with Gasteiger partial charge in [-0.1, -0.05) is 35.9 Å². The molecule has 0 saturated heterocycles. The zero-order chi connectivity index (χ0) is 13.0. The van der Waals surface area contributed by atoms with Gasteiger partial charge < -0.3 is 11.1 Å². The van der Waals surface area contributed by atoms with E-state index in [0.29, 0.717) is 22.8 Å². The second-order valence-electron chi connectivity index (χ2n) is 3.90. The summed E-state index contributed by atoms with van der Waals surface area (Å²) >= 11 is 6.01. The van der Waals surface area contributed by atoms with Gasteiger partial charge in [0.25, 0.3) is 5.91 Å². The Labute approximate surface area is 111 Å². The van der Waals surface area contributed by atoms with Crippen LogP contribution in [0, 0.1) is 0 Å². The highest BCUT2D eigenvalue weighted by molar-refractivity contribution is 6.31. The number of anilines is 1. The smallest absolute Gasteiger partial charge is 0.251 e. The van der Waals surface area contributed by atoms with E-state index in [0.717, 1.165) is 5.56 Å². The lowest BCUT2D eigenvalue weighted by Gasteiger charge is -2.07. The summed E-state index contributed by atoms with van der Waals surface area (Å²) in [5.74, 6) is -0.165. The third kappa shape index (κ3) is 3.02. The van der Waals surface area contributed by atoms with Crippen molar-refractivity contribution in [2.75, 3.05) is 5.73 Å². The molecule has 2 rings (SSSR count). The number of halogens is 1. The minimum absolute atomic E-state index is 0.165. The van der Waals surface area contributed by atoms with Gasteiger partial charge in [-0.3, -0.25) is 4.79 Å².